The quantitative estimate of drug-likeness (QED) is 0.816. The number of hydrogen-bond acceptors (Lipinski definition) is 5. The molecule has 19 heavy (non-hydrogen) atoms. The van der Waals surface area contributed by atoms with Crippen molar-refractivity contribution in [1.29, 1.82) is 0 Å². The Morgan fingerprint density at radius 2 is 2.47 bits per heavy atom. The smallest absolute Gasteiger partial charge is 0.268 e. The Kier molecular flexibility index (Phi) is 4.55. The summed E-state index contributed by atoms with van der Waals surface area (Å²) in [4.78, 5) is 14.0. The van der Waals surface area contributed by atoms with Crippen LogP contribution < -0.4 is 16.2 Å². The molecular weight excluding hydrogens is 244 g/mol. The lowest BCUT2D eigenvalue weighted by Crippen LogP contribution is -2.39. The van der Waals surface area contributed by atoms with Crippen LogP contribution in [0.2, 0.25) is 0 Å². The number of rotatable bonds is 5. The average Bonchev–Trinajstić information content (AvgIpc) is 2.94. The van der Waals surface area contributed by atoms with Crippen LogP contribution >= 0.6 is 0 Å². The number of aromatic nitrogens is 2. The molecule has 1 aliphatic rings. The Bertz CT molecular complexity index is 468. The van der Waals surface area contributed by atoms with Crippen LogP contribution in [0.25, 0.3) is 0 Å². The number of anilines is 1. The first-order valence-electron chi connectivity index (χ1n) is 6.73. The first-order chi connectivity index (χ1) is 9.11. The zero-order valence-corrected chi connectivity index (χ0v) is 11.6. The Morgan fingerprint density at radius 1 is 1.68 bits per heavy atom. The second kappa shape index (κ2) is 6.16. The molecule has 6 heteroatoms. The van der Waals surface area contributed by atoms with Gasteiger partial charge in [0.25, 0.3) is 5.56 Å². The van der Waals surface area contributed by atoms with Gasteiger partial charge in [-0.1, -0.05) is 0 Å². The summed E-state index contributed by atoms with van der Waals surface area (Å²) in [6.07, 6.45) is 2.68. The molecule has 0 aliphatic carbocycles. The fraction of sp³-hybridized carbons (Fsp3) is 0.692. The van der Waals surface area contributed by atoms with E-state index in [0.29, 0.717) is 19.1 Å². The van der Waals surface area contributed by atoms with Crippen molar-refractivity contribution >= 4 is 5.69 Å². The van der Waals surface area contributed by atoms with Crippen molar-refractivity contribution in [3.05, 3.63) is 22.6 Å². The Labute approximate surface area is 113 Å². The predicted octanol–water partition coefficient (Wildman–Crippen LogP) is 0.0632. The minimum Gasteiger partial charge on any atom is -0.381 e. The molecule has 1 aliphatic heterocycles. The van der Waals surface area contributed by atoms with Gasteiger partial charge in [-0.3, -0.25) is 4.79 Å². The molecule has 2 unspecified atom stereocenters. The molecule has 2 heterocycles. The monoisotopic (exact) mass is 266 g/mol. The van der Waals surface area contributed by atoms with Crippen molar-refractivity contribution in [2.75, 3.05) is 31.7 Å². The van der Waals surface area contributed by atoms with Gasteiger partial charge < -0.3 is 15.4 Å². The molecule has 1 fully saturated rings. The molecule has 1 saturated heterocycles. The molecule has 0 bridgehead atoms. The van der Waals surface area contributed by atoms with Crippen molar-refractivity contribution in [3.8, 4) is 0 Å². The molecular formula is C13H22N4O2. The minimum atomic E-state index is -0.104. The number of hydrogen-bond donors (Lipinski definition) is 1. The fourth-order valence-corrected chi connectivity index (χ4v) is 2.19. The van der Waals surface area contributed by atoms with Crippen LogP contribution in [-0.4, -0.2) is 42.6 Å². The molecule has 2 N–H and O–H groups in total. The third-order valence-electron chi connectivity index (χ3n) is 3.72. The summed E-state index contributed by atoms with van der Waals surface area (Å²) >= 11 is 0. The fourth-order valence-electron chi connectivity index (χ4n) is 2.19. The summed E-state index contributed by atoms with van der Waals surface area (Å²) in [6.45, 7) is 4.77. The van der Waals surface area contributed by atoms with E-state index in [2.05, 4.69) is 5.10 Å². The standard InChI is InChI=1S/C13H22N4O2/c1-3-16(2)11-6-13(18)17(15-7-11)8-12(14)10-4-5-19-9-10/h6-7,10,12H,3-5,8-9,14H2,1-2H3. The van der Waals surface area contributed by atoms with E-state index in [1.165, 1.54) is 4.68 Å². The molecule has 0 amide bonds. The molecule has 1 aromatic rings. The molecule has 2 atom stereocenters. The molecule has 2 rings (SSSR count). The van der Waals surface area contributed by atoms with E-state index >= 15 is 0 Å². The zero-order chi connectivity index (χ0) is 13.8. The highest BCUT2D eigenvalue weighted by atomic mass is 16.5. The van der Waals surface area contributed by atoms with E-state index in [9.17, 15) is 4.79 Å². The third-order valence-corrected chi connectivity index (χ3v) is 3.72. The van der Waals surface area contributed by atoms with Gasteiger partial charge in [0, 0.05) is 38.2 Å². The van der Waals surface area contributed by atoms with Gasteiger partial charge in [-0.05, 0) is 13.3 Å². The van der Waals surface area contributed by atoms with E-state index in [-0.39, 0.29) is 11.6 Å². The SMILES string of the molecule is CCN(C)c1cnn(CC(N)C2CCOC2)c(=O)c1. The lowest BCUT2D eigenvalue weighted by atomic mass is 10.0. The van der Waals surface area contributed by atoms with Crippen molar-refractivity contribution in [2.45, 2.75) is 25.9 Å². The summed E-state index contributed by atoms with van der Waals surface area (Å²) in [5.74, 6) is 0.326. The normalized spacial score (nSPS) is 20.5. The van der Waals surface area contributed by atoms with Gasteiger partial charge in [-0.2, -0.15) is 5.10 Å². The molecule has 0 saturated carbocycles. The van der Waals surface area contributed by atoms with Gasteiger partial charge in [-0.15, -0.1) is 0 Å². The van der Waals surface area contributed by atoms with E-state index in [4.69, 9.17) is 10.5 Å². The Balaban J connectivity index is 2.06. The minimum absolute atomic E-state index is 0.0811. The number of ether oxygens (including phenoxy) is 1. The molecule has 1 aromatic heterocycles. The summed E-state index contributed by atoms with van der Waals surface area (Å²) in [5.41, 5.74) is 6.84. The highest BCUT2D eigenvalue weighted by molar-refractivity contribution is 5.41. The second-order valence-corrected chi connectivity index (χ2v) is 5.04. The molecule has 106 valence electrons. The average molecular weight is 266 g/mol. The van der Waals surface area contributed by atoms with E-state index < -0.39 is 0 Å². The van der Waals surface area contributed by atoms with Crippen molar-refractivity contribution < 1.29 is 4.74 Å². The maximum Gasteiger partial charge on any atom is 0.268 e. The zero-order valence-electron chi connectivity index (χ0n) is 11.6. The lowest BCUT2D eigenvalue weighted by Gasteiger charge is -2.19. The Morgan fingerprint density at radius 3 is 3.05 bits per heavy atom. The highest BCUT2D eigenvalue weighted by Crippen LogP contribution is 2.16. The summed E-state index contributed by atoms with van der Waals surface area (Å²) in [6, 6.07) is 1.52. The maximum atomic E-state index is 12.0. The number of nitrogens with two attached hydrogens (primary N) is 1. The number of nitrogens with zero attached hydrogens (tertiary/aromatic N) is 3. The van der Waals surface area contributed by atoms with Gasteiger partial charge >= 0.3 is 0 Å². The van der Waals surface area contributed by atoms with E-state index in [1.807, 2.05) is 18.9 Å². The van der Waals surface area contributed by atoms with Crippen LogP contribution in [-0.2, 0) is 11.3 Å². The van der Waals surface area contributed by atoms with Crippen LogP contribution in [0.3, 0.4) is 0 Å². The first kappa shape index (κ1) is 14.0. The van der Waals surface area contributed by atoms with Crippen LogP contribution in [0.15, 0.2) is 17.1 Å². The van der Waals surface area contributed by atoms with Gasteiger partial charge in [0.2, 0.25) is 0 Å². The van der Waals surface area contributed by atoms with Crippen molar-refractivity contribution in [2.24, 2.45) is 11.7 Å². The predicted molar refractivity (Wildman–Crippen MR) is 74.3 cm³/mol. The van der Waals surface area contributed by atoms with Crippen LogP contribution in [0.1, 0.15) is 13.3 Å². The van der Waals surface area contributed by atoms with Crippen molar-refractivity contribution in [3.63, 3.8) is 0 Å². The van der Waals surface area contributed by atoms with Crippen molar-refractivity contribution in [1.82, 2.24) is 9.78 Å². The Hall–Kier alpha value is -1.40. The second-order valence-electron chi connectivity index (χ2n) is 5.04. The topological polar surface area (TPSA) is 73.4 Å². The van der Waals surface area contributed by atoms with Crippen LogP contribution in [0, 0.1) is 5.92 Å². The van der Waals surface area contributed by atoms with Crippen LogP contribution in [0.4, 0.5) is 5.69 Å². The van der Waals surface area contributed by atoms with Gasteiger partial charge in [0.1, 0.15) is 0 Å². The molecule has 0 spiro atoms. The van der Waals surface area contributed by atoms with E-state index in [0.717, 1.165) is 25.3 Å². The summed E-state index contributed by atoms with van der Waals surface area (Å²) < 4.78 is 6.76. The largest absolute Gasteiger partial charge is 0.381 e. The lowest BCUT2D eigenvalue weighted by molar-refractivity contribution is 0.178. The van der Waals surface area contributed by atoms with Gasteiger partial charge in [0.05, 0.1) is 25.0 Å². The molecule has 0 aromatic carbocycles. The van der Waals surface area contributed by atoms with Gasteiger partial charge in [-0.25, -0.2) is 4.68 Å². The molecule has 6 nitrogen and oxygen atoms in total. The molecule has 0 radical (unpaired) electrons. The van der Waals surface area contributed by atoms with Gasteiger partial charge in [0.15, 0.2) is 0 Å². The summed E-state index contributed by atoms with van der Waals surface area (Å²) in [5, 5.41) is 4.20. The highest BCUT2D eigenvalue weighted by Gasteiger charge is 2.23. The van der Waals surface area contributed by atoms with E-state index in [1.54, 1.807) is 12.3 Å². The van der Waals surface area contributed by atoms with Crippen LogP contribution in [0.5, 0.6) is 0 Å². The maximum absolute atomic E-state index is 12.0. The third kappa shape index (κ3) is 3.33. The first-order valence-corrected chi connectivity index (χ1v) is 6.73. The summed E-state index contributed by atoms with van der Waals surface area (Å²) in [7, 11) is 1.93.